The van der Waals surface area contributed by atoms with E-state index in [1.165, 1.54) is 0 Å². The van der Waals surface area contributed by atoms with E-state index in [9.17, 15) is 4.79 Å². The van der Waals surface area contributed by atoms with Crippen molar-refractivity contribution in [3.05, 3.63) is 60.0 Å². The van der Waals surface area contributed by atoms with E-state index >= 15 is 0 Å². The van der Waals surface area contributed by atoms with Crippen molar-refractivity contribution < 1.29 is 4.79 Å². The van der Waals surface area contributed by atoms with Gasteiger partial charge in [-0.15, -0.1) is 0 Å². The number of carbonyl (C=O) groups excluding carboxylic acids is 1. The number of pyridine rings is 1. The summed E-state index contributed by atoms with van der Waals surface area (Å²) < 4.78 is 2.07. The molecular formula is C19H20N4O. The van der Waals surface area contributed by atoms with E-state index in [0.717, 1.165) is 48.5 Å². The van der Waals surface area contributed by atoms with Crippen LogP contribution in [0.1, 0.15) is 22.6 Å². The third kappa shape index (κ3) is 2.66. The molecule has 1 amide bonds. The van der Waals surface area contributed by atoms with Crippen molar-refractivity contribution in [2.75, 3.05) is 13.1 Å². The molecule has 0 saturated carbocycles. The molecule has 0 bridgehead atoms. The number of carbonyl (C=O) groups is 1. The molecule has 2 aromatic heterocycles. The highest BCUT2D eigenvalue weighted by Crippen LogP contribution is 2.23. The number of nitrogens with zero attached hydrogens (tertiary/aromatic N) is 4. The molecule has 1 atom stereocenters. The molecule has 1 saturated heterocycles. The van der Waals surface area contributed by atoms with Crippen LogP contribution in [0.2, 0.25) is 0 Å². The van der Waals surface area contributed by atoms with Crippen LogP contribution in [0.5, 0.6) is 0 Å². The maximum atomic E-state index is 12.5. The number of amides is 1. The molecule has 0 aliphatic carbocycles. The number of rotatable bonds is 3. The Kier molecular flexibility index (Phi) is 3.76. The minimum Gasteiger partial charge on any atom is -0.338 e. The highest BCUT2D eigenvalue weighted by atomic mass is 16.2. The number of hydrogen-bond acceptors (Lipinski definition) is 3. The van der Waals surface area contributed by atoms with Gasteiger partial charge in [0.15, 0.2) is 5.65 Å². The molecule has 1 fully saturated rings. The molecule has 3 heterocycles. The largest absolute Gasteiger partial charge is 0.338 e. The van der Waals surface area contributed by atoms with E-state index in [0.29, 0.717) is 5.92 Å². The second kappa shape index (κ2) is 6.07. The zero-order chi connectivity index (χ0) is 16.5. The standard InChI is InChI=1S/C19H20N4O/c1-22-17(21-16-8-5-10-20-18(16)22)12-14-9-11-23(13-14)19(24)15-6-3-2-4-7-15/h2-8,10,14H,9,11-13H2,1H3/t14-/m0/s1. The average molecular weight is 320 g/mol. The Hall–Kier alpha value is -2.69. The Labute approximate surface area is 140 Å². The first-order valence-electron chi connectivity index (χ1n) is 8.33. The Morgan fingerprint density at radius 3 is 2.83 bits per heavy atom. The van der Waals surface area contributed by atoms with E-state index in [-0.39, 0.29) is 5.91 Å². The van der Waals surface area contributed by atoms with Crippen LogP contribution in [-0.2, 0) is 13.5 Å². The Morgan fingerprint density at radius 2 is 2.04 bits per heavy atom. The maximum absolute atomic E-state index is 12.5. The van der Waals surface area contributed by atoms with Gasteiger partial charge in [0.2, 0.25) is 0 Å². The normalized spacial score (nSPS) is 17.5. The van der Waals surface area contributed by atoms with Crippen molar-refractivity contribution in [3.63, 3.8) is 0 Å². The molecule has 0 radical (unpaired) electrons. The lowest BCUT2D eigenvalue weighted by molar-refractivity contribution is 0.0787. The summed E-state index contributed by atoms with van der Waals surface area (Å²) in [6.45, 7) is 1.62. The predicted molar refractivity (Wildman–Crippen MR) is 92.7 cm³/mol. The number of benzene rings is 1. The maximum Gasteiger partial charge on any atom is 0.253 e. The number of fused-ring (bicyclic) bond motifs is 1. The minimum atomic E-state index is 0.129. The fraction of sp³-hybridized carbons (Fsp3) is 0.316. The van der Waals surface area contributed by atoms with Crippen LogP contribution < -0.4 is 0 Å². The summed E-state index contributed by atoms with van der Waals surface area (Å²) in [6, 6.07) is 13.4. The molecule has 3 aromatic rings. The van der Waals surface area contributed by atoms with Crippen LogP contribution in [0, 0.1) is 5.92 Å². The van der Waals surface area contributed by atoms with Crippen LogP contribution in [0.15, 0.2) is 48.7 Å². The van der Waals surface area contributed by atoms with Gasteiger partial charge in [-0.2, -0.15) is 0 Å². The van der Waals surface area contributed by atoms with Crippen LogP contribution in [0.4, 0.5) is 0 Å². The van der Waals surface area contributed by atoms with Gasteiger partial charge in [-0.05, 0) is 36.6 Å². The van der Waals surface area contributed by atoms with Crippen molar-refractivity contribution >= 4 is 17.1 Å². The van der Waals surface area contributed by atoms with Crippen molar-refractivity contribution in [2.45, 2.75) is 12.8 Å². The summed E-state index contributed by atoms with van der Waals surface area (Å²) in [7, 11) is 2.01. The summed E-state index contributed by atoms with van der Waals surface area (Å²) in [5.41, 5.74) is 2.62. The van der Waals surface area contributed by atoms with Gasteiger partial charge in [-0.25, -0.2) is 9.97 Å². The number of hydrogen-bond donors (Lipinski definition) is 0. The summed E-state index contributed by atoms with van der Waals surface area (Å²) >= 11 is 0. The molecule has 5 nitrogen and oxygen atoms in total. The van der Waals surface area contributed by atoms with E-state index in [1.54, 1.807) is 6.20 Å². The fourth-order valence-electron chi connectivity index (χ4n) is 3.46. The second-order valence-electron chi connectivity index (χ2n) is 6.41. The third-order valence-corrected chi connectivity index (χ3v) is 4.79. The van der Waals surface area contributed by atoms with E-state index in [1.807, 2.05) is 54.4 Å². The first-order valence-corrected chi connectivity index (χ1v) is 8.33. The van der Waals surface area contributed by atoms with Gasteiger partial charge in [0.05, 0.1) is 0 Å². The fourth-order valence-corrected chi connectivity index (χ4v) is 3.46. The molecular weight excluding hydrogens is 300 g/mol. The molecule has 5 heteroatoms. The van der Waals surface area contributed by atoms with E-state index in [2.05, 4.69) is 9.55 Å². The molecule has 0 N–H and O–H groups in total. The third-order valence-electron chi connectivity index (χ3n) is 4.79. The zero-order valence-electron chi connectivity index (χ0n) is 13.7. The Balaban J connectivity index is 1.47. The van der Waals surface area contributed by atoms with Crippen LogP contribution in [0.3, 0.4) is 0 Å². The smallest absolute Gasteiger partial charge is 0.253 e. The summed E-state index contributed by atoms with van der Waals surface area (Å²) in [4.78, 5) is 23.6. The van der Waals surface area contributed by atoms with Gasteiger partial charge in [0, 0.05) is 38.3 Å². The van der Waals surface area contributed by atoms with Crippen LogP contribution in [0.25, 0.3) is 11.2 Å². The number of aromatic nitrogens is 3. The van der Waals surface area contributed by atoms with Gasteiger partial charge in [-0.1, -0.05) is 18.2 Å². The molecule has 122 valence electrons. The number of likely N-dealkylation sites (tertiary alicyclic amines) is 1. The quantitative estimate of drug-likeness (QED) is 0.745. The second-order valence-corrected chi connectivity index (χ2v) is 6.41. The summed E-state index contributed by atoms with van der Waals surface area (Å²) in [5.74, 6) is 1.63. The summed E-state index contributed by atoms with van der Waals surface area (Å²) in [6.07, 6.45) is 3.70. The van der Waals surface area contributed by atoms with Crippen molar-refractivity contribution in [2.24, 2.45) is 13.0 Å². The van der Waals surface area contributed by atoms with Gasteiger partial charge < -0.3 is 9.47 Å². The first-order chi connectivity index (χ1) is 11.7. The molecule has 0 spiro atoms. The van der Waals surface area contributed by atoms with Crippen LogP contribution >= 0.6 is 0 Å². The van der Waals surface area contributed by atoms with Gasteiger partial charge in [0.1, 0.15) is 11.3 Å². The average Bonchev–Trinajstić information content (AvgIpc) is 3.21. The van der Waals surface area contributed by atoms with Crippen LogP contribution in [-0.4, -0.2) is 38.4 Å². The van der Waals surface area contributed by atoms with Crippen molar-refractivity contribution in [3.8, 4) is 0 Å². The highest BCUT2D eigenvalue weighted by Gasteiger charge is 2.28. The lowest BCUT2D eigenvalue weighted by Crippen LogP contribution is -2.29. The molecule has 1 aliphatic rings. The van der Waals surface area contributed by atoms with Gasteiger partial charge >= 0.3 is 0 Å². The highest BCUT2D eigenvalue weighted by molar-refractivity contribution is 5.94. The predicted octanol–water partition coefficient (Wildman–Crippen LogP) is 2.67. The SMILES string of the molecule is Cn1c(C[C@@H]2CCN(C(=O)c3ccccc3)C2)nc2cccnc21. The van der Waals surface area contributed by atoms with Gasteiger partial charge in [0.25, 0.3) is 5.91 Å². The Bertz CT molecular complexity index is 871. The first kappa shape index (κ1) is 14.9. The topological polar surface area (TPSA) is 51.0 Å². The zero-order valence-corrected chi connectivity index (χ0v) is 13.7. The molecule has 1 aliphatic heterocycles. The molecule has 24 heavy (non-hydrogen) atoms. The monoisotopic (exact) mass is 320 g/mol. The van der Waals surface area contributed by atoms with Crippen molar-refractivity contribution in [1.29, 1.82) is 0 Å². The lowest BCUT2D eigenvalue weighted by Gasteiger charge is -2.16. The van der Waals surface area contributed by atoms with E-state index in [4.69, 9.17) is 4.98 Å². The van der Waals surface area contributed by atoms with Crippen molar-refractivity contribution in [1.82, 2.24) is 19.4 Å². The molecule has 0 unspecified atom stereocenters. The molecule has 1 aromatic carbocycles. The Morgan fingerprint density at radius 1 is 1.21 bits per heavy atom. The lowest BCUT2D eigenvalue weighted by atomic mass is 10.0. The van der Waals surface area contributed by atoms with Gasteiger partial charge in [-0.3, -0.25) is 4.79 Å². The minimum absolute atomic E-state index is 0.129. The number of imidazole rings is 1. The van der Waals surface area contributed by atoms with E-state index < -0.39 is 0 Å². The summed E-state index contributed by atoms with van der Waals surface area (Å²) in [5, 5.41) is 0. The molecule has 4 rings (SSSR count). The number of aryl methyl sites for hydroxylation is 1.